The van der Waals surface area contributed by atoms with Gasteiger partial charge in [-0.25, -0.2) is 0 Å². The molecule has 3 unspecified atom stereocenters. The van der Waals surface area contributed by atoms with Crippen molar-refractivity contribution in [2.45, 2.75) is 32.2 Å². The number of hydrogen-bond acceptors (Lipinski definition) is 6. The molecule has 0 radical (unpaired) electrons. The molecular formula is C11H24O6. The summed E-state index contributed by atoms with van der Waals surface area (Å²) in [6.07, 6.45) is -1.72. The molecule has 0 aromatic rings. The first kappa shape index (κ1) is 16.8. The average Bonchev–Trinajstić information content (AvgIpc) is 2.35. The molecule has 0 saturated carbocycles. The highest BCUT2D eigenvalue weighted by Crippen LogP contribution is 2.12. The summed E-state index contributed by atoms with van der Waals surface area (Å²) in [5.74, 6) is 0. The number of ether oxygens (including phenoxy) is 3. The molecule has 0 aromatic carbocycles. The van der Waals surface area contributed by atoms with Crippen LogP contribution in [0, 0.1) is 0 Å². The van der Waals surface area contributed by atoms with Crippen molar-refractivity contribution in [3.8, 4) is 0 Å². The number of aliphatic hydroxyl groups excluding tert-OH is 3. The maximum atomic E-state index is 9.24. The van der Waals surface area contributed by atoms with E-state index in [2.05, 4.69) is 0 Å². The van der Waals surface area contributed by atoms with Crippen LogP contribution in [0.1, 0.15) is 13.8 Å². The second-order valence-electron chi connectivity index (χ2n) is 3.41. The van der Waals surface area contributed by atoms with Gasteiger partial charge >= 0.3 is 0 Å². The van der Waals surface area contributed by atoms with Crippen LogP contribution in [0.3, 0.4) is 0 Å². The third-order valence-corrected chi connectivity index (χ3v) is 2.26. The van der Waals surface area contributed by atoms with Gasteiger partial charge < -0.3 is 29.5 Å². The van der Waals surface area contributed by atoms with Gasteiger partial charge in [0.1, 0.15) is 18.3 Å². The smallest absolute Gasteiger partial charge is 0.114 e. The standard InChI is InChI=1S/C11H24O6/c1-3-15-9(7-13)11(16-4-2)10(8-14)17-6-5-12/h9-14H,3-8H2,1-2H3. The van der Waals surface area contributed by atoms with E-state index in [1.54, 1.807) is 0 Å². The molecule has 104 valence electrons. The summed E-state index contributed by atoms with van der Waals surface area (Å²) in [7, 11) is 0. The van der Waals surface area contributed by atoms with E-state index in [-0.39, 0.29) is 26.4 Å². The highest BCUT2D eigenvalue weighted by Gasteiger charge is 2.30. The van der Waals surface area contributed by atoms with Crippen molar-refractivity contribution < 1.29 is 29.5 Å². The zero-order valence-corrected chi connectivity index (χ0v) is 10.5. The lowest BCUT2D eigenvalue weighted by atomic mass is 10.1. The van der Waals surface area contributed by atoms with Gasteiger partial charge in [0, 0.05) is 13.2 Å². The van der Waals surface area contributed by atoms with Crippen molar-refractivity contribution in [1.29, 1.82) is 0 Å². The van der Waals surface area contributed by atoms with E-state index in [1.807, 2.05) is 13.8 Å². The SMILES string of the molecule is CCOC(CO)C(OCC)C(CO)OCCO. The van der Waals surface area contributed by atoms with Crippen molar-refractivity contribution in [3.05, 3.63) is 0 Å². The molecule has 0 amide bonds. The van der Waals surface area contributed by atoms with Crippen LogP contribution in [0.5, 0.6) is 0 Å². The Morgan fingerprint density at radius 1 is 0.824 bits per heavy atom. The molecule has 6 heteroatoms. The van der Waals surface area contributed by atoms with Crippen molar-refractivity contribution >= 4 is 0 Å². The molecule has 0 aliphatic carbocycles. The molecule has 0 aliphatic heterocycles. The largest absolute Gasteiger partial charge is 0.394 e. The van der Waals surface area contributed by atoms with Crippen LogP contribution in [0.25, 0.3) is 0 Å². The predicted octanol–water partition coefficient (Wildman–Crippen LogP) is -0.841. The first-order chi connectivity index (χ1) is 8.24. The average molecular weight is 252 g/mol. The topological polar surface area (TPSA) is 88.4 Å². The van der Waals surface area contributed by atoms with E-state index in [1.165, 1.54) is 0 Å². The summed E-state index contributed by atoms with van der Waals surface area (Å²) in [5.41, 5.74) is 0. The molecule has 0 spiro atoms. The Morgan fingerprint density at radius 3 is 1.76 bits per heavy atom. The summed E-state index contributed by atoms with van der Waals surface area (Å²) in [4.78, 5) is 0. The van der Waals surface area contributed by atoms with Gasteiger partial charge in [-0.1, -0.05) is 0 Å². The third-order valence-electron chi connectivity index (χ3n) is 2.26. The van der Waals surface area contributed by atoms with Gasteiger partial charge in [0.25, 0.3) is 0 Å². The van der Waals surface area contributed by atoms with Crippen molar-refractivity contribution in [2.24, 2.45) is 0 Å². The Morgan fingerprint density at radius 2 is 1.35 bits per heavy atom. The summed E-state index contributed by atoms with van der Waals surface area (Å²) < 4.78 is 16.1. The highest BCUT2D eigenvalue weighted by molar-refractivity contribution is 4.79. The van der Waals surface area contributed by atoms with Crippen LogP contribution in [-0.4, -0.2) is 73.3 Å². The first-order valence-electron chi connectivity index (χ1n) is 5.92. The lowest BCUT2D eigenvalue weighted by Crippen LogP contribution is -2.46. The van der Waals surface area contributed by atoms with Gasteiger partial charge in [-0.15, -0.1) is 0 Å². The maximum absolute atomic E-state index is 9.24. The number of hydrogen-bond donors (Lipinski definition) is 3. The first-order valence-corrected chi connectivity index (χ1v) is 5.92. The van der Waals surface area contributed by atoms with E-state index in [9.17, 15) is 10.2 Å². The summed E-state index contributed by atoms with van der Waals surface area (Å²) in [6, 6.07) is 0. The van der Waals surface area contributed by atoms with E-state index >= 15 is 0 Å². The lowest BCUT2D eigenvalue weighted by molar-refractivity contribution is -0.158. The molecule has 0 heterocycles. The van der Waals surface area contributed by atoms with Crippen LogP contribution in [0.15, 0.2) is 0 Å². The fourth-order valence-electron chi connectivity index (χ4n) is 1.57. The normalized spacial score (nSPS) is 16.8. The Hall–Kier alpha value is -0.240. The molecule has 6 nitrogen and oxygen atoms in total. The predicted molar refractivity (Wildman–Crippen MR) is 61.8 cm³/mol. The fourth-order valence-corrected chi connectivity index (χ4v) is 1.57. The molecule has 0 fully saturated rings. The maximum Gasteiger partial charge on any atom is 0.114 e. The molecule has 0 bridgehead atoms. The van der Waals surface area contributed by atoms with Crippen molar-refractivity contribution in [2.75, 3.05) is 39.6 Å². The summed E-state index contributed by atoms with van der Waals surface area (Å²) >= 11 is 0. The Bertz CT molecular complexity index is 166. The van der Waals surface area contributed by atoms with Crippen LogP contribution >= 0.6 is 0 Å². The molecule has 17 heavy (non-hydrogen) atoms. The van der Waals surface area contributed by atoms with Gasteiger partial charge in [0.15, 0.2) is 0 Å². The van der Waals surface area contributed by atoms with Crippen LogP contribution in [-0.2, 0) is 14.2 Å². The second-order valence-corrected chi connectivity index (χ2v) is 3.41. The van der Waals surface area contributed by atoms with Gasteiger partial charge in [0.05, 0.1) is 26.4 Å². The lowest BCUT2D eigenvalue weighted by Gasteiger charge is -2.31. The van der Waals surface area contributed by atoms with Crippen LogP contribution < -0.4 is 0 Å². The minimum Gasteiger partial charge on any atom is -0.394 e. The van der Waals surface area contributed by atoms with Gasteiger partial charge in [-0.3, -0.25) is 0 Å². The number of aliphatic hydroxyl groups is 3. The van der Waals surface area contributed by atoms with E-state index in [0.717, 1.165) is 0 Å². The second kappa shape index (κ2) is 10.9. The Labute approximate surface area is 102 Å². The van der Waals surface area contributed by atoms with Gasteiger partial charge in [-0.05, 0) is 13.8 Å². The monoisotopic (exact) mass is 252 g/mol. The Balaban J connectivity index is 4.50. The minimum absolute atomic E-state index is 0.110. The van der Waals surface area contributed by atoms with E-state index in [4.69, 9.17) is 19.3 Å². The van der Waals surface area contributed by atoms with E-state index in [0.29, 0.717) is 13.2 Å². The molecular weight excluding hydrogens is 228 g/mol. The third kappa shape index (κ3) is 6.30. The molecule has 0 aliphatic rings. The molecule has 3 N–H and O–H groups in total. The fraction of sp³-hybridized carbons (Fsp3) is 1.00. The van der Waals surface area contributed by atoms with Gasteiger partial charge in [-0.2, -0.15) is 0 Å². The molecule has 0 saturated heterocycles. The zero-order chi connectivity index (χ0) is 13.1. The summed E-state index contributed by atoms with van der Waals surface area (Å²) in [5, 5.41) is 27.2. The van der Waals surface area contributed by atoms with Crippen LogP contribution in [0.4, 0.5) is 0 Å². The number of rotatable bonds is 11. The van der Waals surface area contributed by atoms with Crippen molar-refractivity contribution in [1.82, 2.24) is 0 Å². The minimum atomic E-state index is -0.620. The van der Waals surface area contributed by atoms with Crippen LogP contribution in [0.2, 0.25) is 0 Å². The van der Waals surface area contributed by atoms with Crippen molar-refractivity contribution in [3.63, 3.8) is 0 Å². The molecule has 0 aromatic heterocycles. The van der Waals surface area contributed by atoms with Gasteiger partial charge in [0.2, 0.25) is 0 Å². The Kier molecular flexibility index (Phi) is 10.7. The molecule has 0 rings (SSSR count). The van der Waals surface area contributed by atoms with E-state index < -0.39 is 18.3 Å². The highest BCUT2D eigenvalue weighted by atomic mass is 16.6. The zero-order valence-electron chi connectivity index (χ0n) is 10.5. The summed E-state index contributed by atoms with van der Waals surface area (Å²) in [6.45, 7) is 4.00. The molecule has 3 atom stereocenters. The quantitative estimate of drug-likeness (QED) is 0.444.